The highest BCUT2D eigenvalue weighted by molar-refractivity contribution is 6.43. The van der Waals surface area contributed by atoms with E-state index in [1.54, 1.807) is 18.2 Å². The van der Waals surface area contributed by atoms with E-state index in [-0.39, 0.29) is 39.7 Å². The van der Waals surface area contributed by atoms with Crippen molar-refractivity contribution >= 4 is 41.1 Å². The molecule has 0 aliphatic heterocycles. The van der Waals surface area contributed by atoms with E-state index in [0.29, 0.717) is 17.4 Å². The number of aldehydes is 1. The van der Waals surface area contributed by atoms with E-state index in [9.17, 15) is 14.0 Å². The Labute approximate surface area is 148 Å². The third-order valence-electron chi connectivity index (χ3n) is 3.54. The van der Waals surface area contributed by atoms with Crippen molar-refractivity contribution in [2.75, 3.05) is 12.8 Å². The smallest absolute Gasteiger partial charge is 0.340 e. The number of nitrogens with two attached hydrogens (primary N) is 1. The Balaban J connectivity index is 2.78. The first-order valence-corrected chi connectivity index (χ1v) is 7.75. The molecule has 0 aliphatic rings. The maximum absolute atomic E-state index is 14.9. The zero-order chi connectivity index (χ0) is 17.9. The van der Waals surface area contributed by atoms with Crippen LogP contribution in [0.25, 0.3) is 11.1 Å². The van der Waals surface area contributed by atoms with E-state index in [0.717, 1.165) is 0 Å². The molecule has 7 heteroatoms. The van der Waals surface area contributed by atoms with Crippen LogP contribution in [0.4, 0.5) is 10.1 Å². The zero-order valence-corrected chi connectivity index (χ0v) is 14.2. The predicted octanol–water partition coefficient (Wildman–Crippen LogP) is 4.30. The first-order valence-electron chi connectivity index (χ1n) is 6.99. The summed E-state index contributed by atoms with van der Waals surface area (Å²) in [4.78, 5) is 22.5. The quantitative estimate of drug-likeness (QED) is 0.484. The van der Waals surface area contributed by atoms with Crippen LogP contribution >= 0.6 is 23.2 Å². The van der Waals surface area contributed by atoms with Gasteiger partial charge in [-0.05, 0) is 24.1 Å². The highest BCUT2D eigenvalue weighted by Crippen LogP contribution is 2.39. The normalized spacial score (nSPS) is 10.5. The minimum atomic E-state index is -0.803. The average Bonchev–Trinajstić information content (AvgIpc) is 2.58. The van der Waals surface area contributed by atoms with Crippen LogP contribution in [-0.2, 0) is 16.0 Å². The van der Waals surface area contributed by atoms with Crippen molar-refractivity contribution in [3.63, 3.8) is 0 Å². The molecular weight excluding hydrogens is 356 g/mol. The Morgan fingerprint density at radius 3 is 2.71 bits per heavy atom. The zero-order valence-electron chi connectivity index (χ0n) is 12.7. The minimum Gasteiger partial charge on any atom is -0.465 e. The molecule has 2 aromatic rings. The molecule has 2 aromatic carbocycles. The molecular formula is C17H14Cl2FNO3. The molecule has 2 N–H and O–H groups in total. The number of hydrogen-bond donors (Lipinski definition) is 1. The molecule has 0 heterocycles. The Hall–Kier alpha value is -2.11. The summed E-state index contributed by atoms with van der Waals surface area (Å²) in [5.41, 5.74) is 6.19. The third-order valence-corrected chi connectivity index (χ3v) is 4.36. The number of benzene rings is 2. The average molecular weight is 370 g/mol. The lowest BCUT2D eigenvalue weighted by molar-refractivity contribution is -0.107. The fourth-order valence-electron chi connectivity index (χ4n) is 2.40. The number of ether oxygens (including phenoxy) is 1. The molecule has 0 saturated heterocycles. The van der Waals surface area contributed by atoms with E-state index in [4.69, 9.17) is 28.9 Å². The number of anilines is 1. The summed E-state index contributed by atoms with van der Waals surface area (Å²) in [6.07, 6.45) is 1.06. The van der Waals surface area contributed by atoms with Crippen LogP contribution in [0, 0.1) is 5.82 Å². The summed E-state index contributed by atoms with van der Waals surface area (Å²) in [6, 6.07) is 6.20. The van der Waals surface area contributed by atoms with Crippen LogP contribution < -0.4 is 5.73 Å². The number of carbonyl (C=O) groups is 2. The molecule has 0 radical (unpaired) electrons. The number of rotatable bonds is 5. The van der Waals surface area contributed by atoms with Crippen LogP contribution in [0.2, 0.25) is 10.0 Å². The molecule has 4 nitrogen and oxygen atoms in total. The Morgan fingerprint density at radius 2 is 2.08 bits per heavy atom. The van der Waals surface area contributed by atoms with Crippen molar-refractivity contribution in [3.05, 3.63) is 51.3 Å². The number of methoxy groups -OCH3 is 1. The second-order valence-corrected chi connectivity index (χ2v) is 5.77. The fraction of sp³-hybridized carbons (Fsp3) is 0.176. The Kier molecular flexibility index (Phi) is 5.80. The predicted molar refractivity (Wildman–Crippen MR) is 92.0 cm³/mol. The van der Waals surface area contributed by atoms with Gasteiger partial charge in [0.25, 0.3) is 0 Å². The van der Waals surface area contributed by atoms with Crippen LogP contribution in [-0.4, -0.2) is 19.4 Å². The number of hydrogen-bond acceptors (Lipinski definition) is 4. The maximum atomic E-state index is 14.9. The van der Waals surface area contributed by atoms with Crippen LogP contribution in [0.15, 0.2) is 24.3 Å². The summed E-state index contributed by atoms with van der Waals surface area (Å²) in [5.74, 6) is -1.56. The molecule has 0 aliphatic carbocycles. The Bertz CT molecular complexity index is 809. The molecule has 0 aromatic heterocycles. The highest BCUT2D eigenvalue weighted by atomic mass is 35.5. The lowest BCUT2D eigenvalue weighted by atomic mass is 9.92. The van der Waals surface area contributed by atoms with E-state index < -0.39 is 11.8 Å². The second kappa shape index (κ2) is 7.64. The number of aryl methyl sites for hydroxylation is 1. The molecule has 0 unspecified atom stereocenters. The second-order valence-electron chi connectivity index (χ2n) is 4.98. The van der Waals surface area contributed by atoms with Crippen LogP contribution in [0.3, 0.4) is 0 Å². The molecule has 126 valence electrons. The van der Waals surface area contributed by atoms with E-state index in [2.05, 4.69) is 4.74 Å². The molecule has 0 amide bonds. The Morgan fingerprint density at radius 1 is 1.38 bits per heavy atom. The van der Waals surface area contributed by atoms with Crippen LogP contribution in [0.5, 0.6) is 0 Å². The molecule has 24 heavy (non-hydrogen) atoms. The topological polar surface area (TPSA) is 69.4 Å². The van der Waals surface area contributed by atoms with Crippen molar-refractivity contribution in [2.24, 2.45) is 0 Å². The summed E-state index contributed by atoms with van der Waals surface area (Å²) in [7, 11) is 1.17. The molecule has 0 atom stereocenters. The van der Waals surface area contributed by atoms with Crippen molar-refractivity contribution in [1.29, 1.82) is 0 Å². The van der Waals surface area contributed by atoms with Gasteiger partial charge in [0, 0.05) is 17.5 Å². The van der Waals surface area contributed by atoms with Crippen LogP contribution in [0.1, 0.15) is 22.3 Å². The van der Waals surface area contributed by atoms with Gasteiger partial charge in [-0.3, -0.25) is 0 Å². The van der Waals surface area contributed by atoms with Gasteiger partial charge in [0.2, 0.25) is 0 Å². The number of nitrogen functional groups attached to an aromatic ring is 1. The number of halogens is 3. The summed E-state index contributed by atoms with van der Waals surface area (Å²) in [5, 5.41) is 0.418. The van der Waals surface area contributed by atoms with Gasteiger partial charge in [0.05, 0.1) is 28.4 Å². The number of carbonyl (C=O) groups excluding carboxylic acids is 2. The first kappa shape index (κ1) is 18.2. The van der Waals surface area contributed by atoms with E-state index in [1.165, 1.54) is 13.2 Å². The van der Waals surface area contributed by atoms with E-state index in [1.807, 2.05) is 0 Å². The van der Waals surface area contributed by atoms with Crippen molar-refractivity contribution in [3.8, 4) is 11.1 Å². The van der Waals surface area contributed by atoms with Crippen molar-refractivity contribution in [2.45, 2.75) is 12.8 Å². The summed E-state index contributed by atoms with van der Waals surface area (Å²) >= 11 is 12.2. The monoisotopic (exact) mass is 369 g/mol. The van der Waals surface area contributed by atoms with Gasteiger partial charge in [-0.1, -0.05) is 35.3 Å². The van der Waals surface area contributed by atoms with Gasteiger partial charge < -0.3 is 15.3 Å². The van der Waals surface area contributed by atoms with Crippen molar-refractivity contribution < 1.29 is 18.7 Å². The lowest BCUT2D eigenvalue weighted by Gasteiger charge is -2.16. The van der Waals surface area contributed by atoms with E-state index >= 15 is 0 Å². The van der Waals surface area contributed by atoms with Crippen molar-refractivity contribution in [1.82, 2.24) is 0 Å². The van der Waals surface area contributed by atoms with Gasteiger partial charge in [-0.15, -0.1) is 0 Å². The molecule has 2 rings (SSSR count). The largest absolute Gasteiger partial charge is 0.465 e. The van der Waals surface area contributed by atoms with Gasteiger partial charge in [-0.2, -0.15) is 0 Å². The molecule has 0 spiro atoms. The summed E-state index contributed by atoms with van der Waals surface area (Å²) in [6.45, 7) is 0. The summed E-state index contributed by atoms with van der Waals surface area (Å²) < 4.78 is 19.5. The lowest BCUT2D eigenvalue weighted by Crippen LogP contribution is -2.10. The maximum Gasteiger partial charge on any atom is 0.340 e. The SMILES string of the molecule is COC(=O)c1cc(CCC=O)c(-c2cccc(Cl)c2Cl)c(F)c1N. The van der Waals surface area contributed by atoms with Gasteiger partial charge in [-0.25, -0.2) is 9.18 Å². The molecule has 0 bridgehead atoms. The first-order chi connectivity index (χ1) is 11.4. The van der Waals surface area contributed by atoms with Gasteiger partial charge in [0.1, 0.15) is 6.29 Å². The van der Waals surface area contributed by atoms with Gasteiger partial charge in [0.15, 0.2) is 5.82 Å². The van der Waals surface area contributed by atoms with Gasteiger partial charge >= 0.3 is 5.97 Å². The standard InChI is InChI=1S/C17H14Cl2FNO3/c1-24-17(23)11-8-9(4-3-7-22)13(15(20)16(11)21)10-5-2-6-12(18)14(10)19/h2,5-8H,3-4,21H2,1H3. The minimum absolute atomic E-state index is 0.0993. The number of esters is 1. The highest BCUT2D eigenvalue weighted by Gasteiger charge is 2.23. The molecule has 0 fully saturated rings. The molecule has 0 saturated carbocycles. The fourth-order valence-corrected chi connectivity index (χ4v) is 2.79. The third kappa shape index (κ3) is 3.37.